The van der Waals surface area contributed by atoms with Crippen LogP contribution in [0, 0.1) is 6.92 Å². The molecule has 1 N–H and O–H groups in total. The quantitative estimate of drug-likeness (QED) is 0.380. The van der Waals surface area contributed by atoms with Crippen LogP contribution in [0.2, 0.25) is 0 Å². The Morgan fingerprint density at radius 2 is 2.07 bits per heavy atom. The number of guanidine groups is 1. The van der Waals surface area contributed by atoms with Gasteiger partial charge in [0.05, 0.1) is 19.3 Å². The Kier molecular flexibility index (Phi) is 8.81. The van der Waals surface area contributed by atoms with Crippen LogP contribution in [0.5, 0.6) is 0 Å². The normalized spacial score (nSPS) is 20.5. The largest absolute Gasteiger partial charge is 0.368 e. The van der Waals surface area contributed by atoms with Crippen molar-refractivity contribution >= 4 is 35.8 Å². The number of nitrogens with one attached hydrogen (secondary N) is 1. The first-order valence-corrected chi connectivity index (χ1v) is 9.60. The fourth-order valence-corrected chi connectivity index (χ4v) is 3.39. The minimum Gasteiger partial charge on any atom is -0.368 e. The molecule has 0 radical (unpaired) electrons. The van der Waals surface area contributed by atoms with E-state index in [9.17, 15) is 4.79 Å². The summed E-state index contributed by atoms with van der Waals surface area (Å²) in [4.78, 5) is 21.4. The number of nitrogens with zero attached hydrogens (tertiary/aromatic N) is 5. The maximum atomic E-state index is 12.5. The maximum absolute atomic E-state index is 12.5. The first kappa shape index (κ1) is 21.9. The number of rotatable bonds is 5. The predicted octanol–water partition coefficient (Wildman–Crippen LogP) is 1.10. The summed E-state index contributed by atoms with van der Waals surface area (Å²) in [6.07, 6.45) is 5.51. The Bertz CT molecular complexity index is 621. The van der Waals surface area contributed by atoms with Gasteiger partial charge in [-0.1, -0.05) is 0 Å². The Hall–Kier alpha value is -1.36. The molecule has 2 aliphatic rings. The van der Waals surface area contributed by atoms with Crippen molar-refractivity contribution in [3.63, 3.8) is 0 Å². The van der Waals surface area contributed by atoms with Crippen molar-refractivity contribution in [3.8, 4) is 0 Å². The van der Waals surface area contributed by atoms with E-state index in [0.29, 0.717) is 13.2 Å². The lowest BCUT2D eigenvalue weighted by Gasteiger charge is -2.37. The van der Waals surface area contributed by atoms with E-state index in [-0.39, 0.29) is 36.0 Å². The van der Waals surface area contributed by atoms with E-state index >= 15 is 0 Å². The van der Waals surface area contributed by atoms with Crippen LogP contribution in [-0.4, -0.2) is 83.4 Å². The van der Waals surface area contributed by atoms with Crippen molar-refractivity contribution in [1.82, 2.24) is 24.9 Å². The zero-order valence-electron chi connectivity index (χ0n) is 16.3. The van der Waals surface area contributed by atoms with E-state index in [1.165, 1.54) is 0 Å². The van der Waals surface area contributed by atoms with Crippen molar-refractivity contribution < 1.29 is 9.53 Å². The highest BCUT2D eigenvalue weighted by Crippen LogP contribution is 2.16. The minimum absolute atomic E-state index is 0. The summed E-state index contributed by atoms with van der Waals surface area (Å²) in [5, 5.41) is 7.66. The molecule has 152 valence electrons. The van der Waals surface area contributed by atoms with Gasteiger partial charge in [-0.05, 0) is 32.3 Å². The number of halogens is 1. The summed E-state index contributed by atoms with van der Waals surface area (Å²) in [5.41, 5.74) is 1.16. The molecule has 2 saturated heterocycles. The molecule has 3 heterocycles. The Balaban J connectivity index is 0.00000261. The third-order valence-corrected chi connectivity index (χ3v) is 4.78. The van der Waals surface area contributed by atoms with Gasteiger partial charge in [0.25, 0.3) is 5.91 Å². The van der Waals surface area contributed by atoms with Crippen molar-refractivity contribution in [2.75, 3.05) is 45.9 Å². The second kappa shape index (κ2) is 10.8. The minimum atomic E-state index is -0.221. The molecule has 1 amide bonds. The smallest absolute Gasteiger partial charge is 0.251 e. The summed E-state index contributed by atoms with van der Waals surface area (Å²) in [6, 6.07) is 0. The van der Waals surface area contributed by atoms with Gasteiger partial charge in [0.2, 0.25) is 0 Å². The zero-order chi connectivity index (χ0) is 18.4. The monoisotopic (exact) mass is 490 g/mol. The summed E-state index contributed by atoms with van der Waals surface area (Å²) >= 11 is 0. The number of ether oxygens (including phenoxy) is 1. The zero-order valence-corrected chi connectivity index (χ0v) is 18.6. The topological polar surface area (TPSA) is 75.0 Å². The number of amides is 1. The standard InChI is InChI=1S/C18H30N6O2.HI/c1-3-19-18(20-6-7-24-14-15(2)13-21-24)23-10-8-22(9-11-23)17(25)16-5-4-12-26-16;/h13-14,16H,3-12H2,1-2H3,(H,19,20);1H. The van der Waals surface area contributed by atoms with Crippen molar-refractivity contribution in [2.45, 2.75) is 39.3 Å². The molecule has 0 saturated carbocycles. The fourth-order valence-electron chi connectivity index (χ4n) is 3.39. The molecule has 3 rings (SSSR count). The molecule has 0 spiro atoms. The molecular weight excluding hydrogens is 459 g/mol. The summed E-state index contributed by atoms with van der Waals surface area (Å²) in [7, 11) is 0. The summed E-state index contributed by atoms with van der Waals surface area (Å²) in [5.74, 6) is 1.07. The van der Waals surface area contributed by atoms with Gasteiger partial charge in [0, 0.05) is 45.5 Å². The molecule has 1 aromatic heterocycles. The number of carbonyl (C=O) groups excluding carboxylic acids is 1. The highest BCUT2D eigenvalue weighted by molar-refractivity contribution is 14.0. The number of aryl methyl sites for hydroxylation is 1. The lowest BCUT2D eigenvalue weighted by molar-refractivity contribution is -0.142. The number of aliphatic imine (C=N–C) groups is 1. The average Bonchev–Trinajstić information content (AvgIpc) is 3.32. The highest BCUT2D eigenvalue weighted by atomic mass is 127. The van der Waals surface area contributed by atoms with E-state index in [1.54, 1.807) is 0 Å². The van der Waals surface area contributed by atoms with Crippen molar-refractivity contribution in [1.29, 1.82) is 0 Å². The molecule has 27 heavy (non-hydrogen) atoms. The molecule has 0 aromatic carbocycles. The molecule has 0 bridgehead atoms. The molecule has 0 aliphatic carbocycles. The molecule has 2 aliphatic heterocycles. The molecule has 1 aromatic rings. The third-order valence-electron chi connectivity index (χ3n) is 4.78. The SMILES string of the molecule is CCNC(=NCCn1cc(C)cn1)N1CCN(C(=O)C2CCCO2)CC1.I. The van der Waals surface area contributed by atoms with E-state index in [2.05, 4.69) is 22.2 Å². The molecule has 8 nitrogen and oxygen atoms in total. The maximum Gasteiger partial charge on any atom is 0.251 e. The van der Waals surface area contributed by atoms with Gasteiger partial charge in [-0.3, -0.25) is 14.5 Å². The lowest BCUT2D eigenvalue weighted by atomic mass is 10.2. The molecule has 2 fully saturated rings. The van der Waals surface area contributed by atoms with Gasteiger partial charge in [-0.15, -0.1) is 24.0 Å². The Labute approximate surface area is 178 Å². The van der Waals surface area contributed by atoms with Crippen LogP contribution in [0.4, 0.5) is 0 Å². The lowest BCUT2D eigenvalue weighted by Crippen LogP contribution is -2.55. The van der Waals surface area contributed by atoms with Crippen LogP contribution >= 0.6 is 24.0 Å². The molecular formula is C18H31IN6O2. The number of hydrogen-bond acceptors (Lipinski definition) is 4. The molecule has 9 heteroatoms. The summed E-state index contributed by atoms with van der Waals surface area (Å²) < 4.78 is 7.45. The van der Waals surface area contributed by atoms with Gasteiger partial charge in [0.1, 0.15) is 6.10 Å². The highest BCUT2D eigenvalue weighted by Gasteiger charge is 2.30. The number of hydrogen-bond donors (Lipinski definition) is 1. The first-order valence-electron chi connectivity index (χ1n) is 9.60. The number of piperazine rings is 1. The van der Waals surface area contributed by atoms with Crippen LogP contribution in [-0.2, 0) is 16.1 Å². The second-order valence-electron chi connectivity index (χ2n) is 6.83. The van der Waals surface area contributed by atoms with Crippen LogP contribution in [0.25, 0.3) is 0 Å². The third kappa shape index (κ3) is 6.06. The average molecular weight is 490 g/mol. The Morgan fingerprint density at radius 1 is 1.33 bits per heavy atom. The summed E-state index contributed by atoms with van der Waals surface area (Å²) in [6.45, 7) is 10.1. The molecule has 1 atom stereocenters. The van der Waals surface area contributed by atoms with E-state index in [0.717, 1.165) is 63.6 Å². The van der Waals surface area contributed by atoms with Crippen LogP contribution in [0.1, 0.15) is 25.3 Å². The van der Waals surface area contributed by atoms with Crippen LogP contribution < -0.4 is 5.32 Å². The fraction of sp³-hybridized carbons (Fsp3) is 0.722. The van der Waals surface area contributed by atoms with E-state index in [4.69, 9.17) is 9.73 Å². The first-order chi connectivity index (χ1) is 12.7. The molecule has 1 unspecified atom stereocenters. The van der Waals surface area contributed by atoms with Gasteiger partial charge in [-0.2, -0.15) is 5.10 Å². The number of carbonyl (C=O) groups is 1. The van der Waals surface area contributed by atoms with Gasteiger partial charge in [0.15, 0.2) is 5.96 Å². The van der Waals surface area contributed by atoms with Crippen molar-refractivity contribution in [2.24, 2.45) is 4.99 Å². The van der Waals surface area contributed by atoms with Gasteiger partial charge in [-0.25, -0.2) is 0 Å². The van der Waals surface area contributed by atoms with Gasteiger partial charge < -0.3 is 19.9 Å². The Morgan fingerprint density at radius 3 is 2.67 bits per heavy atom. The number of aromatic nitrogens is 2. The van der Waals surface area contributed by atoms with E-state index < -0.39 is 0 Å². The van der Waals surface area contributed by atoms with Gasteiger partial charge >= 0.3 is 0 Å². The van der Waals surface area contributed by atoms with Crippen LogP contribution in [0.3, 0.4) is 0 Å². The van der Waals surface area contributed by atoms with E-state index in [1.807, 2.05) is 28.9 Å². The second-order valence-corrected chi connectivity index (χ2v) is 6.83. The van der Waals surface area contributed by atoms with Crippen LogP contribution in [0.15, 0.2) is 17.4 Å². The predicted molar refractivity (Wildman–Crippen MR) is 115 cm³/mol. The van der Waals surface area contributed by atoms with Crippen molar-refractivity contribution in [3.05, 3.63) is 18.0 Å².